The lowest BCUT2D eigenvalue weighted by Crippen LogP contribution is -2.46. The second kappa shape index (κ2) is 7.68. The molecule has 1 aromatic rings. The maximum Gasteiger partial charge on any atom is 0.330 e. The van der Waals surface area contributed by atoms with Gasteiger partial charge < -0.3 is 9.64 Å². The fourth-order valence-corrected chi connectivity index (χ4v) is 4.03. The first kappa shape index (κ1) is 16.9. The quantitative estimate of drug-likeness (QED) is 0.781. The molecule has 0 spiro atoms. The molecule has 5 heteroatoms. The van der Waals surface area contributed by atoms with E-state index in [-0.39, 0.29) is 23.4 Å². The number of ether oxygens (including phenoxy) is 1. The predicted molar refractivity (Wildman–Crippen MR) is 88.8 cm³/mol. The van der Waals surface area contributed by atoms with Crippen molar-refractivity contribution in [1.82, 2.24) is 4.90 Å². The summed E-state index contributed by atoms with van der Waals surface area (Å²) in [6.07, 6.45) is 1.69. The maximum atomic E-state index is 12.8. The van der Waals surface area contributed by atoms with E-state index >= 15 is 0 Å². The highest BCUT2D eigenvalue weighted by Gasteiger charge is 2.42. The number of carbonyl (C=O) groups excluding carboxylic acids is 2. The number of hydrogen-bond donors (Lipinski definition) is 0. The lowest BCUT2D eigenvalue weighted by molar-refractivity contribution is -0.151. The normalized spacial score (nSPS) is 21.2. The van der Waals surface area contributed by atoms with Crippen molar-refractivity contribution in [3.63, 3.8) is 0 Å². The Morgan fingerprint density at radius 2 is 2.00 bits per heavy atom. The zero-order valence-corrected chi connectivity index (χ0v) is 14.1. The highest BCUT2D eigenvalue weighted by Crippen LogP contribution is 2.34. The number of benzene rings is 1. The van der Waals surface area contributed by atoms with Gasteiger partial charge in [-0.05, 0) is 32.4 Å². The Hall–Kier alpha value is -1.49. The van der Waals surface area contributed by atoms with Crippen molar-refractivity contribution in [2.45, 2.75) is 51.1 Å². The number of nitrogens with zero attached hydrogens (tertiary/aromatic N) is 1. The molecular weight excluding hydrogens is 298 g/mol. The van der Waals surface area contributed by atoms with Crippen molar-refractivity contribution in [1.29, 1.82) is 0 Å². The molecule has 0 bridgehead atoms. The van der Waals surface area contributed by atoms with Crippen molar-refractivity contribution >= 4 is 23.6 Å². The SMILES string of the molecule is CCCC1SCC(C(=O)OC(C)C)N1C(=O)c1ccccc1. The summed E-state index contributed by atoms with van der Waals surface area (Å²) in [5.74, 6) is 0.217. The largest absolute Gasteiger partial charge is 0.461 e. The number of esters is 1. The highest BCUT2D eigenvalue weighted by atomic mass is 32.2. The highest BCUT2D eigenvalue weighted by molar-refractivity contribution is 8.00. The van der Waals surface area contributed by atoms with Gasteiger partial charge in [-0.15, -0.1) is 11.8 Å². The van der Waals surface area contributed by atoms with Crippen molar-refractivity contribution < 1.29 is 14.3 Å². The van der Waals surface area contributed by atoms with Crippen molar-refractivity contribution in [2.75, 3.05) is 5.75 Å². The average molecular weight is 321 g/mol. The van der Waals surface area contributed by atoms with Gasteiger partial charge in [0.25, 0.3) is 5.91 Å². The van der Waals surface area contributed by atoms with Gasteiger partial charge in [-0.1, -0.05) is 31.5 Å². The van der Waals surface area contributed by atoms with E-state index < -0.39 is 6.04 Å². The smallest absolute Gasteiger partial charge is 0.330 e. The van der Waals surface area contributed by atoms with Gasteiger partial charge in [-0.3, -0.25) is 4.79 Å². The molecule has 2 atom stereocenters. The molecule has 1 amide bonds. The molecule has 2 rings (SSSR count). The molecule has 0 aliphatic carbocycles. The van der Waals surface area contributed by atoms with E-state index in [2.05, 4.69) is 6.92 Å². The number of hydrogen-bond acceptors (Lipinski definition) is 4. The van der Waals surface area contributed by atoms with Crippen LogP contribution >= 0.6 is 11.8 Å². The molecule has 4 nitrogen and oxygen atoms in total. The summed E-state index contributed by atoms with van der Waals surface area (Å²) in [6.45, 7) is 5.74. The third-order valence-corrected chi connectivity index (χ3v) is 4.86. The predicted octanol–water partition coefficient (Wildman–Crippen LogP) is 3.32. The Labute approximate surface area is 136 Å². The molecule has 1 aromatic carbocycles. The summed E-state index contributed by atoms with van der Waals surface area (Å²) >= 11 is 1.67. The van der Waals surface area contributed by atoms with Crippen LogP contribution in [0.4, 0.5) is 0 Å². The van der Waals surface area contributed by atoms with E-state index in [0.29, 0.717) is 11.3 Å². The molecule has 2 unspecified atom stereocenters. The minimum Gasteiger partial charge on any atom is -0.461 e. The Bertz CT molecular complexity index is 518. The van der Waals surface area contributed by atoms with Gasteiger partial charge in [0.1, 0.15) is 6.04 Å². The summed E-state index contributed by atoms with van der Waals surface area (Å²) in [5.41, 5.74) is 0.619. The Morgan fingerprint density at radius 3 is 2.59 bits per heavy atom. The third-order valence-electron chi connectivity index (χ3n) is 3.51. The standard InChI is InChI=1S/C17H23NO3S/c1-4-8-15-18(16(19)13-9-6-5-7-10-13)14(11-22-15)17(20)21-12(2)3/h5-7,9-10,12,14-15H,4,8,11H2,1-3H3. The molecule has 0 saturated carbocycles. The molecule has 22 heavy (non-hydrogen) atoms. The van der Waals surface area contributed by atoms with Crippen LogP contribution in [0.25, 0.3) is 0 Å². The molecule has 1 fully saturated rings. The first-order valence-electron chi connectivity index (χ1n) is 7.74. The van der Waals surface area contributed by atoms with E-state index in [1.165, 1.54) is 0 Å². The monoisotopic (exact) mass is 321 g/mol. The first-order valence-corrected chi connectivity index (χ1v) is 8.79. The van der Waals surface area contributed by atoms with Crippen LogP contribution in [0.1, 0.15) is 44.0 Å². The lowest BCUT2D eigenvalue weighted by atomic mass is 10.1. The zero-order chi connectivity index (χ0) is 16.1. The molecule has 0 N–H and O–H groups in total. The van der Waals surface area contributed by atoms with Gasteiger partial charge in [-0.2, -0.15) is 0 Å². The maximum absolute atomic E-state index is 12.8. The number of carbonyl (C=O) groups is 2. The molecule has 1 aliphatic rings. The third kappa shape index (κ3) is 3.83. The minimum atomic E-state index is -0.489. The Kier molecular flexibility index (Phi) is 5.89. The molecule has 120 valence electrons. The van der Waals surface area contributed by atoms with E-state index in [4.69, 9.17) is 4.74 Å². The van der Waals surface area contributed by atoms with Gasteiger partial charge in [0, 0.05) is 11.3 Å². The van der Waals surface area contributed by atoms with E-state index in [9.17, 15) is 9.59 Å². The van der Waals surface area contributed by atoms with Gasteiger partial charge in [0.15, 0.2) is 0 Å². The molecule has 1 saturated heterocycles. The second-order valence-electron chi connectivity index (χ2n) is 5.66. The average Bonchev–Trinajstić information content (AvgIpc) is 2.91. The fourth-order valence-electron chi connectivity index (χ4n) is 2.53. The van der Waals surface area contributed by atoms with E-state index in [1.54, 1.807) is 28.8 Å². The van der Waals surface area contributed by atoms with Crippen molar-refractivity contribution in [3.8, 4) is 0 Å². The topological polar surface area (TPSA) is 46.6 Å². The van der Waals surface area contributed by atoms with Gasteiger partial charge in [0.05, 0.1) is 11.5 Å². The first-order chi connectivity index (χ1) is 10.5. The van der Waals surface area contributed by atoms with Crippen LogP contribution in [-0.4, -0.2) is 40.0 Å². The van der Waals surface area contributed by atoms with Crippen LogP contribution in [0.5, 0.6) is 0 Å². The van der Waals surface area contributed by atoms with Crippen molar-refractivity contribution in [2.24, 2.45) is 0 Å². The van der Waals surface area contributed by atoms with Crippen LogP contribution in [0.2, 0.25) is 0 Å². The minimum absolute atomic E-state index is 0.0439. The zero-order valence-electron chi connectivity index (χ0n) is 13.3. The second-order valence-corrected chi connectivity index (χ2v) is 6.87. The van der Waals surface area contributed by atoms with Crippen LogP contribution in [0.3, 0.4) is 0 Å². The van der Waals surface area contributed by atoms with Crippen LogP contribution < -0.4 is 0 Å². The molecule has 0 radical (unpaired) electrons. The van der Waals surface area contributed by atoms with Crippen LogP contribution in [0.15, 0.2) is 30.3 Å². The summed E-state index contributed by atoms with van der Waals surface area (Å²) in [5, 5.41) is 0.0439. The summed E-state index contributed by atoms with van der Waals surface area (Å²) in [7, 11) is 0. The fraction of sp³-hybridized carbons (Fsp3) is 0.529. The van der Waals surface area contributed by atoms with Crippen LogP contribution in [0, 0.1) is 0 Å². The molecule has 1 heterocycles. The van der Waals surface area contributed by atoms with Gasteiger partial charge in [0.2, 0.25) is 0 Å². The summed E-state index contributed by atoms with van der Waals surface area (Å²) < 4.78 is 5.33. The Morgan fingerprint density at radius 1 is 1.32 bits per heavy atom. The van der Waals surface area contributed by atoms with Gasteiger partial charge in [-0.25, -0.2) is 4.79 Å². The molecule has 1 aliphatic heterocycles. The number of rotatable bonds is 5. The molecular formula is C17H23NO3S. The lowest BCUT2D eigenvalue weighted by Gasteiger charge is -2.28. The Balaban J connectivity index is 2.23. The number of thioether (sulfide) groups is 1. The molecule has 0 aromatic heterocycles. The van der Waals surface area contributed by atoms with Crippen LogP contribution in [-0.2, 0) is 9.53 Å². The van der Waals surface area contributed by atoms with E-state index in [1.807, 2.05) is 32.0 Å². The summed E-state index contributed by atoms with van der Waals surface area (Å²) in [6, 6.07) is 8.65. The summed E-state index contributed by atoms with van der Waals surface area (Å²) in [4.78, 5) is 26.9. The van der Waals surface area contributed by atoms with Gasteiger partial charge >= 0.3 is 5.97 Å². The van der Waals surface area contributed by atoms with E-state index in [0.717, 1.165) is 12.8 Å². The van der Waals surface area contributed by atoms with Crippen molar-refractivity contribution in [3.05, 3.63) is 35.9 Å². The number of amides is 1.